The van der Waals surface area contributed by atoms with E-state index < -0.39 is 16.1 Å². The summed E-state index contributed by atoms with van der Waals surface area (Å²) in [5.74, 6) is 0.0414. The van der Waals surface area contributed by atoms with Gasteiger partial charge in [0, 0.05) is 0 Å². The summed E-state index contributed by atoms with van der Waals surface area (Å²) in [5, 5.41) is 3.05. The molecule has 1 aliphatic carbocycles. The largest absolute Gasteiger partial charge is 0.476 e. The van der Waals surface area contributed by atoms with Gasteiger partial charge in [-0.3, -0.25) is 9.10 Å². The van der Waals surface area contributed by atoms with Crippen LogP contribution < -0.4 is 14.4 Å². The molecule has 3 aromatic rings. The van der Waals surface area contributed by atoms with E-state index in [0.717, 1.165) is 29.5 Å². The average Bonchev–Trinajstić information content (AvgIpc) is 2.87. The number of ether oxygens (including phenoxy) is 1. The number of carbonyl (C=O) groups excluding carboxylic acids is 1. The molecule has 2 atom stereocenters. The average molecular weight is 505 g/mol. The summed E-state index contributed by atoms with van der Waals surface area (Å²) in [5.41, 5.74) is 6.12. The van der Waals surface area contributed by atoms with Gasteiger partial charge in [0.2, 0.25) is 0 Å². The van der Waals surface area contributed by atoms with Crippen LogP contribution in [0.15, 0.2) is 65.6 Å². The van der Waals surface area contributed by atoms with E-state index in [2.05, 4.69) is 23.5 Å². The van der Waals surface area contributed by atoms with Gasteiger partial charge in [-0.25, -0.2) is 8.42 Å². The molecule has 7 heteroatoms. The van der Waals surface area contributed by atoms with Crippen LogP contribution in [0.4, 0.5) is 5.69 Å². The predicted molar refractivity (Wildman–Crippen MR) is 141 cm³/mol. The molecule has 188 valence electrons. The Bertz CT molecular complexity index is 1400. The van der Waals surface area contributed by atoms with E-state index in [0.29, 0.717) is 11.4 Å². The summed E-state index contributed by atoms with van der Waals surface area (Å²) >= 11 is 0. The van der Waals surface area contributed by atoms with Crippen molar-refractivity contribution in [3.63, 3.8) is 0 Å². The quantitative estimate of drug-likeness (QED) is 0.530. The Morgan fingerprint density at radius 3 is 2.39 bits per heavy atom. The van der Waals surface area contributed by atoms with E-state index in [1.807, 2.05) is 26.8 Å². The molecule has 1 heterocycles. The number of aryl methyl sites for hydroxylation is 4. The van der Waals surface area contributed by atoms with Crippen molar-refractivity contribution in [2.45, 2.75) is 63.5 Å². The van der Waals surface area contributed by atoms with Crippen LogP contribution in [0.5, 0.6) is 5.75 Å². The number of nitrogens with zero attached hydrogens (tertiary/aromatic N) is 1. The Kier molecular flexibility index (Phi) is 6.51. The number of rotatable bonds is 5. The molecule has 1 aliphatic heterocycles. The third-order valence-corrected chi connectivity index (χ3v) is 8.91. The third-order valence-electron chi connectivity index (χ3n) is 7.12. The molecule has 1 N–H and O–H groups in total. The van der Waals surface area contributed by atoms with Gasteiger partial charge >= 0.3 is 0 Å². The molecule has 0 saturated carbocycles. The highest BCUT2D eigenvalue weighted by molar-refractivity contribution is 7.92. The Labute approximate surface area is 213 Å². The molecule has 3 aromatic carbocycles. The van der Waals surface area contributed by atoms with E-state index in [4.69, 9.17) is 4.74 Å². The van der Waals surface area contributed by atoms with E-state index in [1.165, 1.54) is 28.3 Å². The van der Waals surface area contributed by atoms with Gasteiger partial charge in [0.15, 0.2) is 6.10 Å². The van der Waals surface area contributed by atoms with Gasteiger partial charge in [0.25, 0.3) is 15.9 Å². The number of sulfonamides is 1. The molecular formula is C29H32N2O4S. The molecule has 5 rings (SSSR count). The third kappa shape index (κ3) is 4.72. The normalized spacial score (nSPS) is 18.0. The highest BCUT2D eigenvalue weighted by atomic mass is 32.2. The molecule has 36 heavy (non-hydrogen) atoms. The van der Waals surface area contributed by atoms with Crippen molar-refractivity contribution in [1.82, 2.24) is 5.32 Å². The van der Waals surface area contributed by atoms with E-state index >= 15 is 0 Å². The van der Waals surface area contributed by atoms with E-state index in [-0.39, 0.29) is 23.4 Å². The van der Waals surface area contributed by atoms with Crippen LogP contribution in [0.25, 0.3) is 0 Å². The van der Waals surface area contributed by atoms with Gasteiger partial charge in [0.1, 0.15) is 5.75 Å². The van der Waals surface area contributed by atoms with Crippen LogP contribution in [-0.2, 0) is 27.7 Å². The monoisotopic (exact) mass is 504 g/mol. The molecule has 2 aliphatic rings. The second-order valence-corrected chi connectivity index (χ2v) is 11.8. The number of anilines is 1. The lowest BCUT2D eigenvalue weighted by molar-refractivity contribution is -0.128. The highest BCUT2D eigenvalue weighted by Crippen LogP contribution is 2.38. The number of nitrogens with one attached hydrogen (secondary N) is 1. The summed E-state index contributed by atoms with van der Waals surface area (Å²) in [6.45, 7) is 5.66. The Morgan fingerprint density at radius 1 is 0.944 bits per heavy atom. The van der Waals surface area contributed by atoms with Gasteiger partial charge in [-0.15, -0.1) is 0 Å². The van der Waals surface area contributed by atoms with E-state index in [9.17, 15) is 13.2 Å². The van der Waals surface area contributed by atoms with Crippen LogP contribution in [0.2, 0.25) is 0 Å². The van der Waals surface area contributed by atoms with Crippen molar-refractivity contribution in [2.24, 2.45) is 0 Å². The van der Waals surface area contributed by atoms with Crippen molar-refractivity contribution in [3.8, 4) is 5.75 Å². The first-order valence-electron chi connectivity index (χ1n) is 12.5. The zero-order valence-corrected chi connectivity index (χ0v) is 21.8. The smallest absolute Gasteiger partial charge is 0.264 e. The lowest BCUT2D eigenvalue weighted by atomic mass is 9.89. The van der Waals surface area contributed by atoms with Crippen molar-refractivity contribution in [2.75, 3.05) is 10.8 Å². The molecule has 0 bridgehead atoms. The Balaban J connectivity index is 1.41. The number of hydrogen-bond acceptors (Lipinski definition) is 4. The highest BCUT2D eigenvalue weighted by Gasteiger charge is 2.38. The van der Waals surface area contributed by atoms with Gasteiger partial charge in [-0.2, -0.15) is 0 Å². The number of amides is 1. The molecule has 1 amide bonds. The first kappa shape index (κ1) is 24.4. The Hall–Kier alpha value is -3.32. The lowest BCUT2D eigenvalue weighted by Gasteiger charge is -2.35. The van der Waals surface area contributed by atoms with Gasteiger partial charge in [0.05, 0.1) is 23.2 Å². The van der Waals surface area contributed by atoms with Crippen LogP contribution in [0.3, 0.4) is 0 Å². The minimum atomic E-state index is -3.89. The SMILES string of the molecule is Cc1ccc(S(=O)(=O)N2C[C@H](C(=O)N[C@H](C)c3ccc4c(c3)CCCC4)Oc3ccc(C)cc32)cc1. The second-order valence-electron chi connectivity index (χ2n) is 9.89. The molecule has 0 saturated heterocycles. The zero-order chi connectivity index (χ0) is 25.4. The summed E-state index contributed by atoms with van der Waals surface area (Å²) in [4.78, 5) is 13.5. The maximum absolute atomic E-state index is 13.7. The molecule has 6 nitrogen and oxygen atoms in total. The van der Waals surface area contributed by atoms with E-state index in [1.54, 1.807) is 36.4 Å². The number of fused-ring (bicyclic) bond motifs is 2. The molecule has 0 unspecified atom stereocenters. The fraction of sp³-hybridized carbons (Fsp3) is 0.345. The molecule has 0 radical (unpaired) electrons. The second kappa shape index (κ2) is 9.62. The van der Waals surface area contributed by atoms with Crippen LogP contribution >= 0.6 is 0 Å². The fourth-order valence-corrected chi connectivity index (χ4v) is 6.44. The maximum atomic E-state index is 13.7. The van der Waals surface area contributed by atoms with Gasteiger partial charge in [-0.1, -0.05) is 42.0 Å². The molecular weight excluding hydrogens is 472 g/mol. The minimum Gasteiger partial charge on any atom is -0.476 e. The standard InChI is InChI=1S/C29H32N2O4S/c1-19-8-13-25(14-9-19)36(33,34)31-18-28(35-27-15-10-20(2)16-26(27)31)29(32)30-21(3)23-12-11-22-6-4-5-7-24(22)17-23/h8-17,21,28H,4-7,18H2,1-3H3,(H,30,32)/t21-,28-/m1/s1. The Morgan fingerprint density at radius 2 is 1.64 bits per heavy atom. The summed E-state index contributed by atoms with van der Waals surface area (Å²) in [6.07, 6.45) is 3.62. The zero-order valence-electron chi connectivity index (χ0n) is 21.0. The summed E-state index contributed by atoms with van der Waals surface area (Å²) in [7, 11) is -3.89. The minimum absolute atomic E-state index is 0.102. The topological polar surface area (TPSA) is 75.7 Å². The first-order chi connectivity index (χ1) is 17.2. The van der Waals surface area contributed by atoms with Crippen molar-refractivity contribution in [3.05, 3.63) is 88.5 Å². The molecule has 0 fully saturated rings. The number of hydrogen-bond donors (Lipinski definition) is 1. The summed E-state index contributed by atoms with van der Waals surface area (Å²) < 4.78 is 34.7. The van der Waals surface area contributed by atoms with Crippen LogP contribution in [0, 0.1) is 13.8 Å². The number of carbonyl (C=O) groups is 1. The number of benzene rings is 3. The van der Waals surface area contributed by atoms with Gasteiger partial charge in [-0.05, 0) is 93.0 Å². The van der Waals surface area contributed by atoms with Crippen LogP contribution in [0.1, 0.15) is 53.6 Å². The maximum Gasteiger partial charge on any atom is 0.264 e. The van der Waals surface area contributed by atoms with Gasteiger partial charge < -0.3 is 10.1 Å². The first-order valence-corrected chi connectivity index (χ1v) is 14.0. The summed E-state index contributed by atoms with van der Waals surface area (Å²) in [6, 6.07) is 18.3. The van der Waals surface area contributed by atoms with Crippen molar-refractivity contribution >= 4 is 21.6 Å². The van der Waals surface area contributed by atoms with Crippen LogP contribution in [-0.4, -0.2) is 27.0 Å². The molecule has 0 aromatic heterocycles. The fourth-order valence-electron chi connectivity index (χ4n) is 4.98. The molecule has 0 spiro atoms. The lowest BCUT2D eigenvalue weighted by Crippen LogP contribution is -2.51. The van der Waals surface area contributed by atoms with Crippen molar-refractivity contribution in [1.29, 1.82) is 0 Å². The van der Waals surface area contributed by atoms with Crippen molar-refractivity contribution < 1.29 is 17.9 Å². The predicted octanol–water partition coefficient (Wildman–Crippen LogP) is 5.02.